The van der Waals surface area contributed by atoms with E-state index in [-0.39, 0.29) is 10.9 Å². The summed E-state index contributed by atoms with van der Waals surface area (Å²) < 4.78 is 10.7. The number of ether oxygens (including phenoxy) is 2. The van der Waals surface area contributed by atoms with Crippen LogP contribution in [0.5, 0.6) is 11.5 Å². The zero-order valence-corrected chi connectivity index (χ0v) is 12.3. The largest absolute Gasteiger partial charge is 0.497 e. The van der Waals surface area contributed by atoms with E-state index in [1.165, 1.54) is 12.0 Å². The number of nitrogens with zero attached hydrogens (tertiary/aromatic N) is 1. The second kappa shape index (κ2) is 6.38. The molecular weight excluding hydrogens is 264 g/mol. The molecule has 104 valence electrons. The summed E-state index contributed by atoms with van der Waals surface area (Å²) in [6.07, 6.45) is -0.596. The average Bonchev–Trinajstić information content (AvgIpc) is 2.36. The van der Waals surface area contributed by atoms with E-state index in [4.69, 9.17) is 27.4 Å². The zero-order chi connectivity index (χ0) is 14.6. The van der Waals surface area contributed by atoms with Crippen molar-refractivity contribution in [3.8, 4) is 11.5 Å². The van der Waals surface area contributed by atoms with E-state index >= 15 is 0 Å². The number of amides is 1. The van der Waals surface area contributed by atoms with Crippen molar-refractivity contribution in [3.05, 3.63) is 23.8 Å². The Morgan fingerprint density at radius 2 is 1.89 bits per heavy atom. The highest BCUT2D eigenvalue weighted by atomic mass is 32.1. The highest BCUT2D eigenvalue weighted by Gasteiger charge is 2.17. The number of hydrogen-bond acceptors (Lipinski definition) is 4. The van der Waals surface area contributed by atoms with Gasteiger partial charge in [0, 0.05) is 25.7 Å². The molecule has 0 aliphatic carbocycles. The smallest absolute Gasteiger partial charge is 0.262 e. The standard InChI is InChI=1S/C13H18N2O3S/c1-8(13(16)15(2)3)18-11-6-9(12(14)19)5-10(7-11)17-4/h5-8H,1-4H3,(H2,14,19). The van der Waals surface area contributed by atoms with Gasteiger partial charge in [0.15, 0.2) is 6.10 Å². The zero-order valence-electron chi connectivity index (χ0n) is 11.5. The minimum atomic E-state index is -0.596. The second-order valence-corrected chi connectivity index (χ2v) is 4.69. The van der Waals surface area contributed by atoms with Crippen molar-refractivity contribution in [1.29, 1.82) is 0 Å². The third kappa shape index (κ3) is 4.10. The number of benzene rings is 1. The number of methoxy groups -OCH3 is 1. The number of likely N-dealkylation sites (N-methyl/N-ethyl adjacent to an activating group) is 1. The Hall–Kier alpha value is -1.82. The molecule has 6 heteroatoms. The maximum atomic E-state index is 11.7. The van der Waals surface area contributed by atoms with Crippen LogP contribution in [0.1, 0.15) is 12.5 Å². The van der Waals surface area contributed by atoms with Crippen LogP contribution in [-0.2, 0) is 4.79 Å². The summed E-state index contributed by atoms with van der Waals surface area (Å²) in [4.78, 5) is 13.5. The van der Waals surface area contributed by atoms with Gasteiger partial charge in [0.25, 0.3) is 5.91 Å². The first-order valence-corrected chi connectivity index (χ1v) is 6.12. The van der Waals surface area contributed by atoms with Gasteiger partial charge in [-0.2, -0.15) is 0 Å². The van der Waals surface area contributed by atoms with Gasteiger partial charge >= 0.3 is 0 Å². The average molecular weight is 282 g/mol. The summed E-state index contributed by atoms with van der Waals surface area (Å²) in [5, 5.41) is 0. The number of rotatable bonds is 5. The van der Waals surface area contributed by atoms with Gasteiger partial charge in [0.05, 0.1) is 7.11 Å². The van der Waals surface area contributed by atoms with Gasteiger partial charge in [-0.1, -0.05) is 12.2 Å². The van der Waals surface area contributed by atoms with Crippen molar-refractivity contribution in [2.45, 2.75) is 13.0 Å². The molecule has 0 aliphatic heterocycles. The molecule has 1 aromatic carbocycles. The van der Waals surface area contributed by atoms with Crippen LogP contribution in [0.2, 0.25) is 0 Å². The lowest BCUT2D eigenvalue weighted by Gasteiger charge is -2.19. The lowest BCUT2D eigenvalue weighted by Crippen LogP contribution is -2.35. The van der Waals surface area contributed by atoms with Crippen LogP contribution in [0, 0.1) is 0 Å². The van der Waals surface area contributed by atoms with Gasteiger partial charge in [-0.15, -0.1) is 0 Å². The van der Waals surface area contributed by atoms with Gasteiger partial charge in [-0.3, -0.25) is 4.79 Å². The van der Waals surface area contributed by atoms with Crippen LogP contribution in [0.4, 0.5) is 0 Å². The van der Waals surface area contributed by atoms with Crippen LogP contribution < -0.4 is 15.2 Å². The van der Waals surface area contributed by atoms with Crippen molar-refractivity contribution in [2.24, 2.45) is 5.73 Å². The van der Waals surface area contributed by atoms with E-state index in [9.17, 15) is 4.79 Å². The maximum absolute atomic E-state index is 11.7. The summed E-state index contributed by atoms with van der Waals surface area (Å²) in [6, 6.07) is 5.08. The van der Waals surface area contributed by atoms with E-state index in [2.05, 4.69) is 0 Å². The fourth-order valence-electron chi connectivity index (χ4n) is 1.52. The molecule has 1 aromatic rings. The van der Waals surface area contributed by atoms with Crippen LogP contribution >= 0.6 is 12.2 Å². The molecule has 0 radical (unpaired) electrons. The summed E-state index contributed by atoms with van der Waals surface area (Å²) in [5.74, 6) is 0.939. The van der Waals surface area contributed by atoms with Gasteiger partial charge < -0.3 is 20.1 Å². The highest BCUT2D eigenvalue weighted by molar-refractivity contribution is 7.80. The molecule has 1 atom stereocenters. The molecule has 0 fully saturated rings. The van der Waals surface area contributed by atoms with Gasteiger partial charge in [-0.05, 0) is 19.1 Å². The van der Waals surface area contributed by atoms with Crippen molar-refractivity contribution >= 4 is 23.1 Å². The summed E-state index contributed by atoms with van der Waals surface area (Å²) in [7, 11) is 4.89. The lowest BCUT2D eigenvalue weighted by atomic mass is 10.2. The van der Waals surface area contributed by atoms with Gasteiger partial charge in [0.2, 0.25) is 0 Å². The Morgan fingerprint density at radius 1 is 1.32 bits per heavy atom. The van der Waals surface area contributed by atoms with Crippen molar-refractivity contribution < 1.29 is 14.3 Å². The topological polar surface area (TPSA) is 64.8 Å². The monoisotopic (exact) mass is 282 g/mol. The van der Waals surface area contributed by atoms with Crippen LogP contribution in [0.25, 0.3) is 0 Å². The van der Waals surface area contributed by atoms with E-state index in [0.29, 0.717) is 17.1 Å². The molecular formula is C13H18N2O3S. The Kier molecular flexibility index (Phi) is 5.11. The molecule has 19 heavy (non-hydrogen) atoms. The number of hydrogen-bond donors (Lipinski definition) is 1. The predicted octanol–water partition coefficient (Wildman–Crippen LogP) is 1.18. The van der Waals surface area contributed by atoms with Gasteiger partial charge in [0.1, 0.15) is 16.5 Å². The van der Waals surface area contributed by atoms with E-state index in [0.717, 1.165) is 0 Å². The van der Waals surface area contributed by atoms with Crippen molar-refractivity contribution in [1.82, 2.24) is 4.90 Å². The predicted molar refractivity (Wildman–Crippen MR) is 77.7 cm³/mol. The molecule has 0 aliphatic rings. The van der Waals surface area contributed by atoms with Crippen LogP contribution in [0.3, 0.4) is 0 Å². The molecule has 5 nitrogen and oxygen atoms in total. The molecule has 0 saturated heterocycles. The van der Waals surface area contributed by atoms with Crippen molar-refractivity contribution in [3.63, 3.8) is 0 Å². The Bertz CT molecular complexity index is 489. The van der Waals surface area contributed by atoms with Crippen molar-refractivity contribution in [2.75, 3.05) is 21.2 Å². The molecule has 1 amide bonds. The number of carbonyl (C=O) groups is 1. The molecule has 1 unspecified atom stereocenters. The Balaban J connectivity index is 2.97. The number of carbonyl (C=O) groups excluding carboxylic acids is 1. The third-order valence-electron chi connectivity index (χ3n) is 2.50. The van der Waals surface area contributed by atoms with E-state index in [1.807, 2.05) is 0 Å². The van der Waals surface area contributed by atoms with Crippen LogP contribution in [-0.4, -0.2) is 43.1 Å². The van der Waals surface area contributed by atoms with E-state index in [1.54, 1.807) is 39.2 Å². The van der Waals surface area contributed by atoms with Crippen LogP contribution in [0.15, 0.2) is 18.2 Å². The first-order valence-electron chi connectivity index (χ1n) is 5.72. The molecule has 0 aromatic heterocycles. The SMILES string of the molecule is COc1cc(OC(C)C(=O)N(C)C)cc(C(N)=S)c1. The minimum absolute atomic E-state index is 0.125. The van der Waals surface area contributed by atoms with Gasteiger partial charge in [-0.25, -0.2) is 0 Å². The third-order valence-corrected chi connectivity index (χ3v) is 2.74. The lowest BCUT2D eigenvalue weighted by molar-refractivity contribution is -0.135. The summed E-state index contributed by atoms with van der Waals surface area (Å²) in [5.41, 5.74) is 6.22. The fraction of sp³-hybridized carbons (Fsp3) is 0.385. The fourth-order valence-corrected chi connectivity index (χ4v) is 1.64. The first-order chi connectivity index (χ1) is 8.85. The molecule has 0 heterocycles. The number of thiocarbonyl (C=S) groups is 1. The quantitative estimate of drug-likeness (QED) is 0.822. The maximum Gasteiger partial charge on any atom is 0.262 e. The first kappa shape index (κ1) is 15.2. The molecule has 2 N–H and O–H groups in total. The Labute approximate surface area is 118 Å². The summed E-state index contributed by atoms with van der Waals surface area (Å²) in [6.45, 7) is 1.68. The number of nitrogens with two attached hydrogens (primary N) is 1. The molecule has 0 spiro atoms. The minimum Gasteiger partial charge on any atom is -0.497 e. The molecule has 0 bridgehead atoms. The van der Waals surface area contributed by atoms with E-state index < -0.39 is 6.10 Å². The summed E-state index contributed by atoms with van der Waals surface area (Å²) >= 11 is 4.93. The molecule has 1 rings (SSSR count). The second-order valence-electron chi connectivity index (χ2n) is 4.25. The Morgan fingerprint density at radius 3 is 2.37 bits per heavy atom. The highest BCUT2D eigenvalue weighted by Crippen LogP contribution is 2.23. The molecule has 0 saturated carbocycles. The normalized spacial score (nSPS) is 11.6.